The molecule has 1 atom stereocenters. The van der Waals surface area contributed by atoms with Gasteiger partial charge in [0.1, 0.15) is 11.3 Å². The molecule has 0 spiro atoms. The molecule has 1 aliphatic heterocycles. The molecule has 3 aromatic rings. The maximum Gasteiger partial charge on any atom is 0.416 e. The van der Waals surface area contributed by atoms with Gasteiger partial charge in [-0.15, -0.1) is 11.8 Å². The van der Waals surface area contributed by atoms with Gasteiger partial charge >= 0.3 is 12.1 Å². The van der Waals surface area contributed by atoms with Crippen molar-refractivity contribution in [3.63, 3.8) is 0 Å². The van der Waals surface area contributed by atoms with E-state index in [0.717, 1.165) is 23.8 Å². The first-order valence-electron chi connectivity index (χ1n) is 9.62. The van der Waals surface area contributed by atoms with E-state index in [1.807, 2.05) is 6.07 Å². The van der Waals surface area contributed by atoms with Crippen LogP contribution in [0.3, 0.4) is 0 Å². The van der Waals surface area contributed by atoms with Crippen LogP contribution in [0, 0.1) is 6.92 Å². The first-order chi connectivity index (χ1) is 15.1. The van der Waals surface area contributed by atoms with Crippen LogP contribution in [0.15, 0.2) is 58.2 Å². The molecule has 0 saturated carbocycles. The number of aromatic carboxylic acids is 1. The third-order valence-electron chi connectivity index (χ3n) is 5.37. The van der Waals surface area contributed by atoms with E-state index in [1.54, 1.807) is 25.1 Å². The third kappa shape index (κ3) is 3.77. The van der Waals surface area contributed by atoms with E-state index in [0.29, 0.717) is 16.3 Å². The van der Waals surface area contributed by atoms with E-state index < -0.39 is 34.0 Å². The van der Waals surface area contributed by atoms with Crippen molar-refractivity contribution in [2.24, 2.45) is 0 Å². The molecule has 1 N–H and O–H groups in total. The number of alkyl halides is 3. The molecule has 1 aliphatic rings. The first kappa shape index (κ1) is 22.0. The number of hydrogen-bond acceptors (Lipinski definition) is 4. The summed E-state index contributed by atoms with van der Waals surface area (Å²) in [6.07, 6.45) is -4.46. The molecule has 32 heavy (non-hydrogen) atoms. The van der Waals surface area contributed by atoms with Gasteiger partial charge in [0.05, 0.1) is 18.4 Å². The average Bonchev–Trinajstić information content (AvgIpc) is 2.89. The lowest BCUT2D eigenvalue weighted by molar-refractivity contribution is -0.137. The molecule has 166 valence electrons. The summed E-state index contributed by atoms with van der Waals surface area (Å²) in [5, 5.41) is 9.38. The van der Waals surface area contributed by atoms with Crippen LogP contribution in [-0.4, -0.2) is 22.8 Å². The standard InChI is InChI=1S/C23H18F3NO4S/c1-12-9-17(28)21(22(29)30)16-11-20(14-5-3-4-6-18(14)31-2)32-19-8-7-13(23(24,25)26)10-15(19)27(12)16/h3-10,20H,11H2,1-2H3,(H,29,30). The lowest BCUT2D eigenvalue weighted by Gasteiger charge is -2.20. The predicted octanol–water partition coefficient (Wildman–Crippen LogP) is 5.26. The molecule has 0 aliphatic carbocycles. The molecule has 9 heteroatoms. The first-order valence-corrected chi connectivity index (χ1v) is 10.5. The van der Waals surface area contributed by atoms with Crippen LogP contribution in [-0.2, 0) is 12.6 Å². The largest absolute Gasteiger partial charge is 0.496 e. The lowest BCUT2D eigenvalue weighted by atomic mass is 10.0. The maximum absolute atomic E-state index is 13.5. The summed E-state index contributed by atoms with van der Waals surface area (Å²) in [5.41, 5.74) is -0.516. The number of carbonyl (C=O) groups is 1. The number of pyridine rings is 1. The summed E-state index contributed by atoms with van der Waals surface area (Å²) in [5.74, 6) is -0.850. The molecule has 2 aromatic carbocycles. The van der Waals surface area contributed by atoms with Crippen molar-refractivity contribution < 1.29 is 27.8 Å². The van der Waals surface area contributed by atoms with Crippen molar-refractivity contribution in [1.82, 2.24) is 4.57 Å². The highest BCUT2D eigenvalue weighted by atomic mass is 32.2. The molecule has 4 rings (SSSR count). The van der Waals surface area contributed by atoms with Crippen molar-refractivity contribution in [1.29, 1.82) is 0 Å². The molecule has 1 unspecified atom stereocenters. The summed E-state index contributed by atoms with van der Waals surface area (Å²) in [6, 6.07) is 11.7. The summed E-state index contributed by atoms with van der Waals surface area (Å²) >= 11 is 1.31. The van der Waals surface area contributed by atoms with Gasteiger partial charge < -0.3 is 14.4 Å². The molecule has 0 fully saturated rings. The van der Waals surface area contributed by atoms with E-state index in [9.17, 15) is 27.9 Å². The number of carboxylic acids is 1. The number of methoxy groups -OCH3 is 1. The van der Waals surface area contributed by atoms with Crippen LogP contribution in [0.4, 0.5) is 13.2 Å². The number of halogens is 3. The van der Waals surface area contributed by atoms with Gasteiger partial charge in [-0.05, 0) is 31.2 Å². The summed E-state index contributed by atoms with van der Waals surface area (Å²) in [4.78, 5) is 25.1. The van der Waals surface area contributed by atoms with Crippen LogP contribution in [0.1, 0.15) is 38.1 Å². The van der Waals surface area contributed by atoms with Crippen LogP contribution < -0.4 is 10.2 Å². The number of para-hydroxylation sites is 1. The van der Waals surface area contributed by atoms with Crippen molar-refractivity contribution in [2.75, 3.05) is 7.11 Å². The highest BCUT2D eigenvalue weighted by Gasteiger charge is 2.34. The van der Waals surface area contributed by atoms with E-state index in [4.69, 9.17) is 4.74 Å². The molecule has 2 heterocycles. The van der Waals surface area contributed by atoms with E-state index >= 15 is 0 Å². The minimum atomic E-state index is -4.57. The summed E-state index contributed by atoms with van der Waals surface area (Å²) < 4.78 is 47.3. The fraction of sp³-hybridized carbons (Fsp3) is 0.217. The number of hydrogen-bond donors (Lipinski definition) is 1. The average molecular weight is 461 g/mol. The highest BCUT2D eigenvalue weighted by Crippen LogP contribution is 2.47. The predicted molar refractivity (Wildman–Crippen MR) is 114 cm³/mol. The molecular weight excluding hydrogens is 443 g/mol. The third-order valence-corrected chi connectivity index (χ3v) is 6.68. The van der Waals surface area contributed by atoms with Gasteiger partial charge in [-0.25, -0.2) is 4.79 Å². The SMILES string of the molecule is COc1ccccc1C1Cc2c(C(=O)O)c(=O)cc(C)n2-c2cc(C(F)(F)F)ccc2S1. The van der Waals surface area contributed by atoms with Crippen molar-refractivity contribution >= 4 is 17.7 Å². The quantitative estimate of drug-likeness (QED) is 0.576. The van der Waals surface area contributed by atoms with E-state index in [2.05, 4.69) is 0 Å². The van der Waals surface area contributed by atoms with Crippen molar-refractivity contribution in [3.8, 4) is 11.4 Å². The Morgan fingerprint density at radius 3 is 2.56 bits per heavy atom. The van der Waals surface area contributed by atoms with Gasteiger partial charge in [0.15, 0.2) is 5.43 Å². The topological polar surface area (TPSA) is 68.5 Å². The monoisotopic (exact) mass is 461 g/mol. The Bertz CT molecular complexity index is 1280. The molecule has 0 bridgehead atoms. The zero-order valence-electron chi connectivity index (χ0n) is 17.1. The smallest absolute Gasteiger partial charge is 0.416 e. The van der Waals surface area contributed by atoms with Crippen molar-refractivity contribution in [2.45, 2.75) is 29.7 Å². The Balaban J connectivity index is 2.06. The number of aryl methyl sites for hydroxylation is 1. The number of thioether (sulfide) groups is 1. The zero-order valence-corrected chi connectivity index (χ0v) is 17.9. The maximum atomic E-state index is 13.5. The second kappa shape index (κ2) is 8.05. The van der Waals surface area contributed by atoms with Crippen LogP contribution >= 0.6 is 11.8 Å². The molecule has 5 nitrogen and oxygen atoms in total. The molecular formula is C23H18F3NO4S. The minimum absolute atomic E-state index is 0.111. The fourth-order valence-corrected chi connectivity index (χ4v) is 5.28. The molecule has 0 amide bonds. The number of nitrogens with zero attached hydrogens (tertiary/aromatic N) is 1. The number of carboxylic acid groups (broad SMARTS) is 1. The number of ether oxygens (including phenoxy) is 1. The lowest BCUT2D eigenvalue weighted by Crippen LogP contribution is -2.24. The second-order valence-electron chi connectivity index (χ2n) is 7.35. The normalized spacial score (nSPS) is 15.5. The zero-order chi connectivity index (χ0) is 23.2. The summed E-state index contributed by atoms with van der Waals surface area (Å²) in [6.45, 7) is 1.58. The Kier molecular flexibility index (Phi) is 5.54. The number of rotatable bonds is 3. The molecule has 1 aromatic heterocycles. The van der Waals surface area contributed by atoms with Crippen LogP contribution in [0.25, 0.3) is 5.69 Å². The van der Waals surface area contributed by atoms with Gasteiger partial charge in [-0.2, -0.15) is 13.2 Å². The fourth-order valence-electron chi connectivity index (χ4n) is 4.00. The van der Waals surface area contributed by atoms with Crippen LogP contribution in [0.2, 0.25) is 0 Å². The second-order valence-corrected chi connectivity index (χ2v) is 8.59. The number of fused-ring (bicyclic) bond motifs is 3. The molecule has 0 saturated heterocycles. The summed E-state index contributed by atoms with van der Waals surface area (Å²) in [7, 11) is 1.51. The number of benzene rings is 2. The van der Waals surface area contributed by atoms with Gasteiger partial charge in [0.2, 0.25) is 0 Å². The Hall–Kier alpha value is -3.20. The Morgan fingerprint density at radius 2 is 1.91 bits per heavy atom. The Labute approximate surface area is 185 Å². The van der Waals surface area contributed by atoms with Gasteiger partial charge in [0, 0.05) is 39.6 Å². The highest BCUT2D eigenvalue weighted by molar-refractivity contribution is 7.99. The van der Waals surface area contributed by atoms with E-state index in [-0.39, 0.29) is 17.8 Å². The molecule has 0 radical (unpaired) electrons. The Morgan fingerprint density at radius 1 is 1.19 bits per heavy atom. The van der Waals surface area contributed by atoms with Gasteiger partial charge in [0.25, 0.3) is 0 Å². The van der Waals surface area contributed by atoms with Gasteiger partial charge in [-0.1, -0.05) is 18.2 Å². The van der Waals surface area contributed by atoms with Crippen molar-refractivity contribution in [3.05, 3.63) is 86.8 Å². The van der Waals surface area contributed by atoms with Crippen LogP contribution in [0.5, 0.6) is 5.75 Å². The minimum Gasteiger partial charge on any atom is -0.496 e. The van der Waals surface area contributed by atoms with E-state index in [1.165, 1.54) is 29.5 Å². The van der Waals surface area contributed by atoms with Gasteiger partial charge in [-0.3, -0.25) is 4.79 Å². The number of aromatic nitrogens is 1.